The molecule has 5 nitrogen and oxygen atoms in total. The molecular weight excluding hydrogens is 266 g/mol. The summed E-state index contributed by atoms with van der Waals surface area (Å²) in [5.74, 6) is 1.46. The van der Waals surface area contributed by atoms with E-state index in [0.29, 0.717) is 28.0 Å². The van der Waals surface area contributed by atoms with Gasteiger partial charge in [-0.05, 0) is 25.1 Å². The van der Waals surface area contributed by atoms with Crippen LogP contribution in [-0.2, 0) is 0 Å². The van der Waals surface area contributed by atoms with Crippen molar-refractivity contribution in [3.05, 3.63) is 41.3 Å². The molecule has 0 radical (unpaired) electrons. The van der Waals surface area contributed by atoms with Crippen molar-refractivity contribution in [3.8, 4) is 22.8 Å². The molecule has 0 amide bonds. The molecule has 2 heterocycles. The topological polar surface area (TPSA) is 78.1 Å². The molecule has 3 rings (SSSR count). The number of anilines is 1. The smallest absolute Gasteiger partial charge is 0.261 e. The third-order valence-electron chi connectivity index (χ3n) is 2.79. The molecule has 0 spiro atoms. The third-order valence-corrected chi connectivity index (χ3v) is 3.10. The lowest BCUT2D eigenvalue weighted by Gasteiger charge is -2.01. The van der Waals surface area contributed by atoms with Gasteiger partial charge in [0.05, 0.1) is 22.4 Å². The molecule has 0 aliphatic heterocycles. The highest BCUT2D eigenvalue weighted by Crippen LogP contribution is 2.33. The minimum absolute atomic E-state index is 0.290. The summed E-state index contributed by atoms with van der Waals surface area (Å²) in [7, 11) is 0. The second-order valence-electron chi connectivity index (χ2n) is 4.02. The van der Waals surface area contributed by atoms with Gasteiger partial charge in [0, 0.05) is 5.69 Å². The van der Waals surface area contributed by atoms with E-state index in [9.17, 15) is 0 Å². The predicted molar refractivity (Wildman–Crippen MR) is 71.6 cm³/mol. The second kappa shape index (κ2) is 4.44. The van der Waals surface area contributed by atoms with Gasteiger partial charge in [-0.25, -0.2) is 0 Å². The summed E-state index contributed by atoms with van der Waals surface area (Å²) in [6.45, 7) is 1.83. The van der Waals surface area contributed by atoms with Crippen molar-refractivity contribution in [2.75, 3.05) is 5.73 Å². The second-order valence-corrected chi connectivity index (χ2v) is 4.42. The van der Waals surface area contributed by atoms with Gasteiger partial charge in [0.25, 0.3) is 5.89 Å². The quantitative estimate of drug-likeness (QED) is 0.724. The molecule has 0 aliphatic carbocycles. The number of rotatable bonds is 2. The first kappa shape index (κ1) is 11.8. The van der Waals surface area contributed by atoms with Crippen molar-refractivity contribution in [3.63, 3.8) is 0 Å². The summed E-state index contributed by atoms with van der Waals surface area (Å²) >= 11 is 6.10. The first-order valence-electron chi connectivity index (χ1n) is 5.59. The minimum Gasteiger partial charge on any atom is -0.469 e. The van der Waals surface area contributed by atoms with E-state index in [2.05, 4.69) is 10.1 Å². The van der Waals surface area contributed by atoms with Crippen LogP contribution < -0.4 is 5.73 Å². The van der Waals surface area contributed by atoms with E-state index in [0.717, 1.165) is 11.3 Å². The Labute approximate surface area is 114 Å². The van der Waals surface area contributed by atoms with Gasteiger partial charge in [0.15, 0.2) is 0 Å². The van der Waals surface area contributed by atoms with E-state index >= 15 is 0 Å². The number of nitrogens with zero attached hydrogens (tertiary/aromatic N) is 2. The highest BCUT2D eigenvalue weighted by molar-refractivity contribution is 6.33. The maximum absolute atomic E-state index is 6.10. The summed E-state index contributed by atoms with van der Waals surface area (Å²) in [6, 6.07) is 6.99. The Balaban J connectivity index is 2.10. The fourth-order valence-electron chi connectivity index (χ4n) is 1.82. The number of benzene rings is 1. The van der Waals surface area contributed by atoms with Crippen LogP contribution in [0.5, 0.6) is 0 Å². The number of aryl methyl sites for hydroxylation is 1. The van der Waals surface area contributed by atoms with Crippen LogP contribution in [-0.4, -0.2) is 10.1 Å². The Morgan fingerprint density at radius 1 is 1.26 bits per heavy atom. The molecule has 0 atom stereocenters. The normalized spacial score (nSPS) is 10.8. The van der Waals surface area contributed by atoms with Gasteiger partial charge in [0.2, 0.25) is 5.82 Å². The monoisotopic (exact) mass is 275 g/mol. The lowest BCUT2D eigenvalue weighted by atomic mass is 10.2. The van der Waals surface area contributed by atoms with Crippen molar-refractivity contribution in [2.45, 2.75) is 6.92 Å². The summed E-state index contributed by atoms with van der Waals surface area (Å²) in [5, 5.41) is 4.39. The SMILES string of the molecule is Cc1occc1-c1noc(-c2c(N)cccc2Cl)n1. The van der Waals surface area contributed by atoms with Gasteiger partial charge in [-0.3, -0.25) is 0 Å². The molecule has 3 aromatic rings. The van der Waals surface area contributed by atoms with Gasteiger partial charge in [-0.15, -0.1) is 0 Å². The number of aromatic nitrogens is 2. The number of hydrogen-bond donors (Lipinski definition) is 1. The number of hydrogen-bond acceptors (Lipinski definition) is 5. The van der Waals surface area contributed by atoms with E-state index in [1.54, 1.807) is 30.5 Å². The van der Waals surface area contributed by atoms with Crippen molar-refractivity contribution in [1.82, 2.24) is 10.1 Å². The third kappa shape index (κ3) is 1.98. The fraction of sp³-hybridized carbons (Fsp3) is 0.0769. The molecule has 2 aromatic heterocycles. The van der Waals surface area contributed by atoms with Crippen molar-refractivity contribution in [1.29, 1.82) is 0 Å². The zero-order valence-corrected chi connectivity index (χ0v) is 10.8. The highest BCUT2D eigenvalue weighted by Gasteiger charge is 2.17. The Bertz CT molecular complexity index is 713. The van der Waals surface area contributed by atoms with Crippen LogP contribution in [0.3, 0.4) is 0 Å². The van der Waals surface area contributed by atoms with Crippen molar-refractivity contribution < 1.29 is 8.94 Å². The van der Waals surface area contributed by atoms with Crippen LogP contribution in [0.1, 0.15) is 5.76 Å². The highest BCUT2D eigenvalue weighted by atomic mass is 35.5. The van der Waals surface area contributed by atoms with Crippen molar-refractivity contribution >= 4 is 17.3 Å². The van der Waals surface area contributed by atoms with Gasteiger partial charge in [-0.1, -0.05) is 22.8 Å². The molecule has 0 aliphatic rings. The maximum Gasteiger partial charge on any atom is 0.261 e. The molecule has 0 saturated carbocycles. The first-order chi connectivity index (χ1) is 9.16. The van der Waals surface area contributed by atoms with Crippen LogP contribution in [0.2, 0.25) is 5.02 Å². The molecule has 2 N–H and O–H groups in total. The molecule has 19 heavy (non-hydrogen) atoms. The minimum atomic E-state index is 0.290. The summed E-state index contributed by atoms with van der Waals surface area (Å²) in [5.41, 5.74) is 7.70. The number of furan rings is 1. The number of nitrogen functional groups attached to an aromatic ring is 1. The fourth-order valence-corrected chi connectivity index (χ4v) is 2.08. The average molecular weight is 276 g/mol. The molecule has 0 saturated heterocycles. The zero-order chi connectivity index (χ0) is 13.4. The lowest BCUT2D eigenvalue weighted by molar-refractivity contribution is 0.432. The zero-order valence-electron chi connectivity index (χ0n) is 10.1. The van der Waals surface area contributed by atoms with Gasteiger partial charge < -0.3 is 14.7 Å². The predicted octanol–water partition coefficient (Wildman–Crippen LogP) is 3.54. The van der Waals surface area contributed by atoms with Crippen LogP contribution in [0.25, 0.3) is 22.8 Å². The number of nitrogens with two attached hydrogens (primary N) is 1. The Morgan fingerprint density at radius 2 is 2.11 bits per heavy atom. The van der Waals surface area contributed by atoms with Crippen LogP contribution in [0, 0.1) is 6.92 Å². The van der Waals surface area contributed by atoms with Gasteiger partial charge >= 0.3 is 0 Å². The summed E-state index contributed by atoms with van der Waals surface area (Å²) in [4.78, 5) is 4.30. The van der Waals surface area contributed by atoms with E-state index in [-0.39, 0.29) is 0 Å². The molecule has 1 aromatic carbocycles. The van der Waals surface area contributed by atoms with Crippen molar-refractivity contribution in [2.24, 2.45) is 0 Å². The Hall–Kier alpha value is -2.27. The summed E-state index contributed by atoms with van der Waals surface area (Å²) in [6.07, 6.45) is 1.57. The summed E-state index contributed by atoms with van der Waals surface area (Å²) < 4.78 is 10.4. The van der Waals surface area contributed by atoms with Crippen LogP contribution >= 0.6 is 11.6 Å². The standard InChI is InChI=1S/C13H10ClN3O2/c1-7-8(5-6-18-7)12-16-13(19-17-12)11-9(14)3-2-4-10(11)15/h2-6H,15H2,1H3. The van der Waals surface area contributed by atoms with E-state index in [1.807, 2.05) is 6.92 Å². The molecule has 0 fully saturated rings. The van der Waals surface area contributed by atoms with E-state index < -0.39 is 0 Å². The number of halogens is 1. The molecule has 6 heteroatoms. The van der Waals surface area contributed by atoms with Crippen LogP contribution in [0.4, 0.5) is 5.69 Å². The molecule has 96 valence electrons. The Kier molecular flexibility index (Phi) is 2.76. The Morgan fingerprint density at radius 3 is 2.79 bits per heavy atom. The van der Waals surface area contributed by atoms with E-state index in [4.69, 9.17) is 26.3 Å². The van der Waals surface area contributed by atoms with Gasteiger partial charge in [0.1, 0.15) is 5.76 Å². The molecule has 0 bridgehead atoms. The molecular formula is C13H10ClN3O2. The van der Waals surface area contributed by atoms with Gasteiger partial charge in [-0.2, -0.15) is 4.98 Å². The van der Waals surface area contributed by atoms with Crippen LogP contribution in [0.15, 0.2) is 39.5 Å². The van der Waals surface area contributed by atoms with E-state index in [1.165, 1.54) is 0 Å². The maximum atomic E-state index is 6.10. The molecule has 0 unspecified atom stereocenters. The lowest BCUT2D eigenvalue weighted by Crippen LogP contribution is -1.90. The average Bonchev–Trinajstić information content (AvgIpc) is 2.98. The largest absolute Gasteiger partial charge is 0.469 e. The first-order valence-corrected chi connectivity index (χ1v) is 5.97.